The highest BCUT2D eigenvalue weighted by atomic mass is 32.2. The van der Waals surface area contributed by atoms with Crippen LogP contribution in [0, 0.1) is 6.92 Å². The molecule has 0 radical (unpaired) electrons. The van der Waals surface area contributed by atoms with Gasteiger partial charge in [-0.05, 0) is 30.2 Å². The zero-order chi connectivity index (χ0) is 24.2. The van der Waals surface area contributed by atoms with E-state index >= 15 is 0 Å². The molecule has 0 saturated heterocycles. The minimum atomic E-state index is -3.75. The molecule has 0 amide bonds. The van der Waals surface area contributed by atoms with Crippen molar-refractivity contribution in [2.24, 2.45) is 0 Å². The van der Waals surface area contributed by atoms with Crippen molar-refractivity contribution in [3.63, 3.8) is 0 Å². The fraction of sp³-hybridized carbons (Fsp3) is 0.172. The summed E-state index contributed by atoms with van der Waals surface area (Å²) in [7, 11) is -5.98. The van der Waals surface area contributed by atoms with Gasteiger partial charge in [-0.15, -0.1) is 0 Å². The predicted molar refractivity (Wildman–Crippen MR) is 143 cm³/mol. The molecular formula is C29H31NO2SSi. The second-order valence-electron chi connectivity index (χ2n) is 9.30. The van der Waals surface area contributed by atoms with Gasteiger partial charge in [0.1, 0.15) is 0 Å². The van der Waals surface area contributed by atoms with Gasteiger partial charge in [0.05, 0.1) is 19.0 Å². The van der Waals surface area contributed by atoms with Crippen molar-refractivity contribution < 1.29 is 8.42 Å². The van der Waals surface area contributed by atoms with Crippen molar-refractivity contribution in [2.75, 3.05) is 0 Å². The van der Waals surface area contributed by atoms with E-state index in [9.17, 15) is 8.42 Å². The molecule has 0 spiro atoms. The number of nitrogens with one attached hydrogen (secondary N) is 1. The van der Waals surface area contributed by atoms with Gasteiger partial charge >= 0.3 is 0 Å². The van der Waals surface area contributed by atoms with Crippen molar-refractivity contribution in [3.8, 4) is 0 Å². The quantitative estimate of drug-likeness (QED) is 0.313. The van der Waals surface area contributed by atoms with Crippen LogP contribution in [0.25, 0.3) is 0 Å². The Morgan fingerprint density at radius 3 is 1.65 bits per heavy atom. The Kier molecular flexibility index (Phi) is 7.17. The van der Waals surface area contributed by atoms with E-state index in [4.69, 9.17) is 0 Å². The largest absolute Gasteiger partial charge is 0.241 e. The maximum absolute atomic E-state index is 13.6. The van der Waals surface area contributed by atoms with Crippen LogP contribution in [-0.4, -0.2) is 16.5 Å². The van der Waals surface area contributed by atoms with Crippen LogP contribution in [-0.2, 0) is 10.0 Å². The van der Waals surface area contributed by atoms with E-state index in [1.807, 2.05) is 73.7 Å². The summed E-state index contributed by atoms with van der Waals surface area (Å²) in [4.78, 5) is 0.282. The van der Waals surface area contributed by atoms with Crippen LogP contribution in [0.15, 0.2) is 120 Å². The van der Waals surface area contributed by atoms with E-state index in [0.29, 0.717) is 0 Å². The highest BCUT2D eigenvalue weighted by molar-refractivity contribution is 7.89. The molecule has 0 heterocycles. The molecule has 4 aromatic carbocycles. The monoisotopic (exact) mass is 485 g/mol. The lowest BCUT2D eigenvalue weighted by atomic mass is 9.99. The number of rotatable bonds is 8. The van der Waals surface area contributed by atoms with Crippen molar-refractivity contribution in [1.82, 2.24) is 4.72 Å². The lowest BCUT2D eigenvalue weighted by Gasteiger charge is -2.39. The van der Waals surface area contributed by atoms with Crippen molar-refractivity contribution in [2.45, 2.75) is 36.5 Å². The summed E-state index contributed by atoms with van der Waals surface area (Å²) in [6.45, 7) is 6.61. The Bertz CT molecular complexity index is 1310. The Morgan fingerprint density at radius 1 is 0.647 bits per heavy atom. The summed E-state index contributed by atoms with van der Waals surface area (Å²) in [5.74, 6) is 0. The Balaban J connectivity index is 1.88. The molecule has 1 N–H and O–H groups in total. The maximum Gasteiger partial charge on any atom is 0.241 e. The van der Waals surface area contributed by atoms with Gasteiger partial charge < -0.3 is 0 Å². The first-order valence-corrected chi connectivity index (χ1v) is 16.1. The minimum Gasteiger partial charge on any atom is -0.207 e. The topological polar surface area (TPSA) is 46.2 Å². The average Bonchev–Trinajstić information content (AvgIpc) is 2.85. The highest BCUT2D eigenvalue weighted by Gasteiger charge is 2.42. The third kappa shape index (κ3) is 5.22. The first-order valence-electron chi connectivity index (χ1n) is 11.5. The molecule has 4 aromatic rings. The molecule has 34 heavy (non-hydrogen) atoms. The van der Waals surface area contributed by atoms with E-state index in [0.717, 1.165) is 16.7 Å². The van der Waals surface area contributed by atoms with Crippen molar-refractivity contribution in [1.29, 1.82) is 0 Å². The molecule has 5 heteroatoms. The van der Waals surface area contributed by atoms with Gasteiger partial charge in [0.2, 0.25) is 10.0 Å². The molecule has 0 aromatic heterocycles. The maximum atomic E-state index is 13.6. The lowest BCUT2D eigenvalue weighted by molar-refractivity contribution is 0.545. The minimum absolute atomic E-state index is 0.0290. The first kappa shape index (κ1) is 24.1. The summed E-state index contributed by atoms with van der Waals surface area (Å²) in [5.41, 5.74) is 3.10. The van der Waals surface area contributed by atoms with Crippen LogP contribution in [0.3, 0.4) is 0 Å². The third-order valence-electron chi connectivity index (χ3n) is 6.56. The van der Waals surface area contributed by atoms with Crippen molar-refractivity contribution in [3.05, 3.63) is 132 Å². The number of benzene rings is 4. The molecule has 0 aliphatic heterocycles. The van der Waals surface area contributed by atoms with E-state index in [1.54, 1.807) is 12.1 Å². The molecular weight excluding hydrogens is 454 g/mol. The highest BCUT2D eigenvalue weighted by Crippen LogP contribution is 2.39. The lowest BCUT2D eigenvalue weighted by Crippen LogP contribution is -2.52. The van der Waals surface area contributed by atoms with Gasteiger partial charge in [0.25, 0.3) is 0 Å². The van der Waals surface area contributed by atoms with Gasteiger partial charge in [0, 0.05) is 5.54 Å². The standard InChI is InChI=1S/C29H31NO2SSi/c1-23-19-21-26(22-20-23)33(31,32)30-28(24-13-7-4-8-14-24)29(25-15-9-5-10-16-25)34(2,3)27-17-11-6-12-18-27/h4-22,28-30H,1-3H3/t28-,29-/m1/s1. The van der Waals surface area contributed by atoms with Gasteiger partial charge in [-0.3, -0.25) is 0 Å². The smallest absolute Gasteiger partial charge is 0.207 e. The van der Waals surface area contributed by atoms with Gasteiger partial charge in [0.15, 0.2) is 0 Å². The van der Waals surface area contributed by atoms with Crippen LogP contribution in [0.5, 0.6) is 0 Å². The fourth-order valence-electron chi connectivity index (χ4n) is 4.67. The molecule has 0 aliphatic rings. The van der Waals surface area contributed by atoms with Crippen LogP contribution in [0.2, 0.25) is 13.1 Å². The van der Waals surface area contributed by atoms with Crippen LogP contribution >= 0.6 is 0 Å². The zero-order valence-corrected chi connectivity index (χ0v) is 21.7. The summed E-state index contributed by atoms with van der Waals surface area (Å²) in [6.07, 6.45) is 0. The Hall–Kier alpha value is -2.99. The van der Waals surface area contributed by atoms with E-state index in [2.05, 4.69) is 54.2 Å². The molecule has 0 unspecified atom stereocenters. The number of hydrogen-bond donors (Lipinski definition) is 1. The molecule has 3 nitrogen and oxygen atoms in total. The number of sulfonamides is 1. The number of hydrogen-bond acceptors (Lipinski definition) is 2. The van der Waals surface area contributed by atoms with Gasteiger partial charge in [-0.2, -0.15) is 0 Å². The second-order valence-corrected chi connectivity index (χ2v) is 15.7. The molecule has 0 bridgehead atoms. The molecule has 0 fully saturated rings. The van der Waals surface area contributed by atoms with Crippen LogP contribution in [0.1, 0.15) is 28.3 Å². The van der Waals surface area contributed by atoms with Gasteiger partial charge in [-0.25, -0.2) is 13.1 Å². The summed E-state index contributed by atoms with van der Waals surface area (Å²) in [6, 6.07) is 37.4. The van der Waals surface area contributed by atoms with Crippen LogP contribution in [0.4, 0.5) is 0 Å². The first-order chi connectivity index (χ1) is 16.3. The molecule has 174 valence electrons. The van der Waals surface area contributed by atoms with Gasteiger partial charge in [-0.1, -0.05) is 127 Å². The third-order valence-corrected chi connectivity index (χ3v) is 12.1. The van der Waals surface area contributed by atoms with E-state index in [-0.39, 0.29) is 10.4 Å². The molecule has 0 saturated carbocycles. The molecule has 0 aliphatic carbocycles. The predicted octanol–water partition coefficient (Wildman–Crippen LogP) is 5.95. The SMILES string of the molecule is Cc1ccc(S(=O)(=O)N[C@H](c2ccccc2)[C@@H](c2ccccc2)[Si](C)(C)c2ccccc2)cc1. The van der Waals surface area contributed by atoms with E-state index < -0.39 is 24.1 Å². The average molecular weight is 486 g/mol. The zero-order valence-electron chi connectivity index (χ0n) is 19.8. The second kappa shape index (κ2) is 10.1. The normalized spacial score (nSPS) is 13.9. The fourth-order valence-corrected chi connectivity index (χ4v) is 9.58. The Morgan fingerprint density at radius 2 is 1.12 bits per heavy atom. The Labute approximate surface area is 204 Å². The summed E-state index contributed by atoms with van der Waals surface area (Å²) >= 11 is 0. The van der Waals surface area contributed by atoms with Crippen LogP contribution < -0.4 is 9.91 Å². The number of aryl methyl sites for hydroxylation is 1. The van der Waals surface area contributed by atoms with Crippen molar-refractivity contribution >= 4 is 23.3 Å². The summed E-state index contributed by atoms with van der Waals surface area (Å²) < 4.78 is 30.4. The van der Waals surface area contributed by atoms with E-state index in [1.165, 1.54) is 5.19 Å². The molecule has 2 atom stereocenters. The molecule has 4 rings (SSSR count). The summed E-state index contributed by atoms with van der Waals surface area (Å²) in [5, 5.41) is 1.29.